The number of hydrogen-bond donors (Lipinski definition) is 1. The minimum Gasteiger partial charge on any atom is -0.496 e. The number of rotatable bonds is 5. The number of methoxy groups -OCH3 is 3. The quantitative estimate of drug-likeness (QED) is 0.810. The van der Waals surface area contributed by atoms with Crippen LogP contribution in [0.5, 0.6) is 17.2 Å². The lowest BCUT2D eigenvalue weighted by Gasteiger charge is -2.15. The largest absolute Gasteiger partial charge is 0.496 e. The maximum atomic E-state index is 5.26. The molecule has 0 unspecified atom stereocenters. The zero-order valence-electron chi connectivity index (χ0n) is 9.59. The first kappa shape index (κ1) is 11.5. The molecule has 0 fully saturated rings. The SMILES string of the molecule is CCNc1c(OC)cc(OC)cc1OC. The highest BCUT2D eigenvalue weighted by atomic mass is 16.5. The Kier molecular flexibility index (Phi) is 4.09. The molecule has 0 bridgehead atoms. The standard InChI is InChI=1S/C11H17NO3/c1-5-12-11-9(14-3)6-8(13-2)7-10(11)15-4/h6-7,12H,5H2,1-4H3. The van der Waals surface area contributed by atoms with Crippen molar-refractivity contribution in [1.82, 2.24) is 0 Å². The molecule has 0 saturated carbocycles. The van der Waals surface area contributed by atoms with Gasteiger partial charge in [0.15, 0.2) is 0 Å². The van der Waals surface area contributed by atoms with Gasteiger partial charge in [-0.1, -0.05) is 0 Å². The predicted octanol–water partition coefficient (Wildman–Crippen LogP) is 2.14. The molecule has 4 heteroatoms. The van der Waals surface area contributed by atoms with Gasteiger partial charge in [-0.2, -0.15) is 0 Å². The molecule has 4 nitrogen and oxygen atoms in total. The van der Waals surface area contributed by atoms with Gasteiger partial charge in [-0.15, -0.1) is 0 Å². The topological polar surface area (TPSA) is 39.7 Å². The van der Waals surface area contributed by atoms with E-state index in [1.807, 2.05) is 19.1 Å². The Balaban J connectivity index is 3.19. The lowest BCUT2D eigenvalue weighted by Crippen LogP contribution is -2.02. The number of ether oxygens (including phenoxy) is 3. The molecule has 0 spiro atoms. The first-order chi connectivity index (χ1) is 7.26. The average molecular weight is 211 g/mol. The molecule has 0 aliphatic carbocycles. The summed E-state index contributed by atoms with van der Waals surface area (Å²) < 4.78 is 15.7. The second-order valence-corrected chi connectivity index (χ2v) is 2.94. The van der Waals surface area contributed by atoms with Crippen LogP contribution >= 0.6 is 0 Å². The van der Waals surface area contributed by atoms with Gasteiger partial charge in [-0.05, 0) is 6.92 Å². The molecule has 1 aromatic carbocycles. The zero-order valence-corrected chi connectivity index (χ0v) is 9.59. The Hall–Kier alpha value is -1.58. The molecule has 0 aliphatic heterocycles. The summed E-state index contributed by atoms with van der Waals surface area (Å²) in [6.07, 6.45) is 0. The lowest BCUT2D eigenvalue weighted by molar-refractivity contribution is 0.377. The van der Waals surface area contributed by atoms with Crippen molar-refractivity contribution >= 4 is 5.69 Å². The summed E-state index contributed by atoms with van der Waals surface area (Å²) in [7, 11) is 4.85. The maximum absolute atomic E-state index is 5.26. The summed E-state index contributed by atoms with van der Waals surface area (Å²) in [5.41, 5.74) is 0.850. The van der Waals surface area contributed by atoms with Gasteiger partial charge >= 0.3 is 0 Å². The van der Waals surface area contributed by atoms with E-state index in [0.717, 1.165) is 12.2 Å². The van der Waals surface area contributed by atoms with Crippen LogP contribution in [0.2, 0.25) is 0 Å². The van der Waals surface area contributed by atoms with E-state index in [-0.39, 0.29) is 0 Å². The predicted molar refractivity (Wildman–Crippen MR) is 60.3 cm³/mol. The van der Waals surface area contributed by atoms with Crippen LogP contribution in [0.3, 0.4) is 0 Å². The van der Waals surface area contributed by atoms with E-state index in [2.05, 4.69) is 5.32 Å². The Morgan fingerprint density at radius 1 is 1.00 bits per heavy atom. The fraction of sp³-hybridized carbons (Fsp3) is 0.455. The summed E-state index contributed by atoms with van der Waals surface area (Å²) in [6.45, 7) is 2.82. The van der Waals surface area contributed by atoms with Gasteiger partial charge in [0, 0.05) is 18.7 Å². The van der Waals surface area contributed by atoms with E-state index in [0.29, 0.717) is 17.2 Å². The van der Waals surface area contributed by atoms with Crippen molar-refractivity contribution in [3.05, 3.63) is 12.1 Å². The van der Waals surface area contributed by atoms with Gasteiger partial charge in [0.05, 0.1) is 21.3 Å². The molecule has 0 aromatic heterocycles. The number of hydrogen-bond acceptors (Lipinski definition) is 4. The Morgan fingerprint density at radius 3 is 1.87 bits per heavy atom. The normalized spacial score (nSPS) is 9.60. The maximum Gasteiger partial charge on any atom is 0.149 e. The molecule has 15 heavy (non-hydrogen) atoms. The Morgan fingerprint density at radius 2 is 1.53 bits per heavy atom. The third-order valence-corrected chi connectivity index (χ3v) is 2.07. The highest BCUT2D eigenvalue weighted by Crippen LogP contribution is 2.38. The van der Waals surface area contributed by atoms with Crippen molar-refractivity contribution in [3.8, 4) is 17.2 Å². The van der Waals surface area contributed by atoms with E-state index in [1.54, 1.807) is 21.3 Å². The van der Waals surface area contributed by atoms with Gasteiger partial charge in [-0.25, -0.2) is 0 Å². The first-order valence-corrected chi connectivity index (χ1v) is 4.80. The van der Waals surface area contributed by atoms with Gasteiger partial charge in [0.25, 0.3) is 0 Å². The van der Waals surface area contributed by atoms with Crippen LogP contribution in [0.1, 0.15) is 6.92 Å². The van der Waals surface area contributed by atoms with E-state index in [1.165, 1.54) is 0 Å². The van der Waals surface area contributed by atoms with Gasteiger partial charge in [0.1, 0.15) is 22.9 Å². The van der Waals surface area contributed by atoms with E-state index >= 15 is 0 Å². The second-order valence-electron chi connectivity index (χ2n) is 2.94. The molecule has 0 amide bonds. The molecule has 0 radical (unpaired) electrons. The molecule has 1 rings (SSSR count). The average Bonchev–Trinajstić information content (AvgIpc) is 2.29. The van der Waals surface area contributed by atoms with Crippen LogP contribution < -0.4 is 19.5 Å². The third kappa shape index (κ3) is 2.46. The van der Waals surface area contributed by atoms with Crippen LogP contribution in [0.25, 0.3) is 0 Å². The summed E-state index contributed by atoms with van der Waals surface area (Å²) in [5.74, 6) is 2.14. The summed E-state index contributed by atoms with van der Waals surface area (Å²) in [5, 5.41) is 3.19. The molecule has 84 valence electrons. The van der Waals surface area contributed by atoms with Crippen molar-refractivity contribution in [2.45, 2.75) is 6.92 Å². The van der Waals surface area contributed by atoms with Crippen molar-refractivity contribution in [3.63, 3.8) is 0 Å². The van der Waals surface area contributed by atoms with Crippen LogP contribution in [-0.4, -0.2) is 27.9 Å². The number of benzene rings is 1. The highest BCUT2D eigenvalue weighted by Gasteiger charge is 2.11. The van der Waals surface area contributed by atoms with Crippen molar-refractivity contribution in [2.24, 2.45) is 0 Å². The molecule has 0 heterocycles. The van der Waals surface area contributed by atoms with Crippen LogP contribution in [0, 0.1) is 0 Å². The van der Waals surface area contributed by atoms with Crippen LogP contribution in [0.4, 0.5) is 5.69 Å². The van der Waals surface area contributed by atoms with E-state index in [4.69, 9.17) is 14.2 Å². The fourth-order valence-corrected chi connectivity index (χ4v) is 1.36. The molecule has 0 aliphatic rings. The van der Waals surface area contributed by atoms with Crippen molar-refractivity contribution in [2.75, 3.05) is 33.2 Å². The Bertz CT molecular complexity index is 301. The molecule has 1 aromatic rings. The van der Waals surface area contributed by atoms with Crippen molar-refractivity contribution in [1.29, 1.82) is 0 Å². The van der Waals surface area contributed by atoms with Crippen LogP contribution in [-0.2, 0) is 0 Å². The smallest absolute Gasteiger partial charge is 0.149 e. The molecule has 1 N–H and O–H groups in total. The summed E-state index contributed by atoms with van der Waals surface area (Å²) >= 11 is 0. The summed E-state index contributed by atoms with van der Waals surface area (Å²) in [6, 6.07) is 3.64. The Labute approximate surface area is 90.1 Å². The minimum atomic E-state index is 0.713. The first-order valence-electron chi connectivity index (χ1n) is 4.80. The van der Waals surface area contributed by atoms with E-state index < -0.39 is 0 Å². The van der Waals surface area contributed by atoms with Gasteiger partial charge < -0.3 is 19.5 Å². The van der Waals surface area contributed by atoms with E-state index in [9.17, 15) is 0 Å². The lowest BCUT2D eigenvalue weighted by atomic mass is 10.2. The number of nitrogens with one attached hydrogen (secondary N) is 1. The second kappa shape index (κ2) is 5.34. The summed E-state index contributed by atoms with van der Waals surface area (Å²) in [4.78, 5) is 0. The third-order valence-electron chi connectivity index (χ3n) is 2.07. The highest BCUT2D eigenvalue weighted by molar-refractivity contribution is 5.68. The van der Waals surface area contributed by atoms with Gasteiger partial charge in [0.2, 0.25) is 0 Å². The molecular weight excluding hydrogens is 194 g/mol. The monoisotopic (exact) mass is 211 g/mol. The molecular formula is C11H17NO3. The van der Waals surface area contributed by atoms with Crippen LogP contribution in [0.15, 0.2) is 12.1 Å². The minimum absolute atomic E-state index is 0.713. The van der Waals surface area contributed by atoms with Crippen molar-refractivity contribution < 1.29 is 14.2 Å². The molecule has 0 atom stereocenters. The van der Waals surface area contributed by atoms with Gasteiger partial charge in [-0.3, -0.25) is 0 Å². The molecule has 0 saturated heterocycles. The zero-order chi connectivity index (χ0) is 11.3. The number of anilines is 1. The fourth-order valence-electron chi connectivity index (χ4n) is 1.36.